The van der Waals surface area contributed by atoms with Gasteiger partial charge < -0.3 is 10.1 Å². The molecule has 2 aromatic carbocycles. The van der Waals surface area contributed by atoms with Crippen LogP contribution in [-0.2, 0) is 0 Å². The molecule has 0 unspecified atom stereocenters. The van der Waals surface area contributed by atoms with E-state index < -0.39 is 11.7 Å². The van der Waals surface area contributed by atoms with E-state index in [0.29, 0.717) is 16.6 Å². The summed E-state index contributed by atoms with van der Waals surface area (Å²) < 4.78 is 21.9. The Labute approximate surface area is 171 Å². The van der Waals surface area contributed by atoms with E-state index >= 15 is 0 Å². The molecule has 2 aromatic heterocycles. The van der Waals surface area contributed by atoms with Crippen molar-refractivity contribution < 1.29 is 18.7 Å². The molecule has 0 aliphatic rings. The molecule has 150 valence electrons. The van der Waals surface area contributed by atoms with Gasteiger partial charge in [-0.1, -0.05) is 12.1 Å². The second-order valence-electron chi connectivity index (χ2n) is 6.70. The van der Waals surface area contributed by atoms with Gasteiger partial charge in [0, 0.05) is 29.1 Å². The summed E-state index contributed by atoms with van der Waals surface area (Å²) in [4.78, 5) is 28.0. The molecule has 0 fully saturated rings. The first-order valence-electron chi connectivity index (χ1n) is 9.11. The highest BCUT2D eigenvalue weighted by Gasteiger charge is 2.14. The van der Waals surface area contributed by atoms with Crippen molar-refractivity contribution in [2.24, 2.45) is 0 Å². The molecule has 0 radical (unpaired) electrons. The van der Waals surface area contributed by atoms with Crippen LogP contribution in [0.1, 0.15) is 33.2 Å². The average molecular weight is 404 g/mol. The zero-order chi connectivity index (χ0) is 21.3. The van der Waals surface area contributed by atoms with Crippen LogP contribution in [0.4, 0.5) is 10.1 Å². The summed E-state index contributed by atoms with van der Waals surface area (Å²) in [6, 6.07) is 12.3. The zero-order valence-electron chi connectivity index (χ0n) is 16.2. The molecule has 2 heterocycles. The summed E-state index contributed by atoms with van der Waals surface area (Å²) in [7, 11) is 0. The Hall–Kier alpha value is -4.07. The van der Waals surface area contributed by atoms with E-state index in [1.54, 1.807) is 28.9 Å². The van der Waals surface area contributed by atoms with Crippen molar-refractivity contribution in [2.45, 2.75) is 13.8 Å². The Bertz CT molecular complexity index is 1280. The summed E-state index contributed by atoms with van der Waals surface area (Å²) in [6.45, 7) is 3.30. The second kappa shape index (κ2) is 7.75. The number of Topliss-reactive ketones (excluding diaryl/α,β-unsaturated/α-hetero) is 1. The van der Waals surface area contributed by atoms with Gasteiger partial charge in [-0.25, -0.2) is 8.91 Å². The van der Waals surface area contributed by atoms with Crippen molar-refractivity contribution in [1.29, 1.82) is 0 Å². The first-order chi connectivity index (χ1) is 14.4. The molecule has 4 aromatic rings. The SMILES string of the molecule is CC(=O)c1cccc(C(=O)Nc2ccc(Oc3ncnn4ccc(C)c34)c(F)c2)c1. The molecule has 0 bridgehead atoms. The smallest absolute Gasteiger partial charge is 0.255 e. The topological polar surface area (TPSA) is 85.6 Å². The maximum Gasteiger partial charge on any atom is 0.255 e. The molecule has 4 rings (SSSR count). The number of fused-ring (bicyclic) bond motifs is 1. The average Bonchev–Trinajstić information content (AvgIpc) is 3.12. The molecule has 30 heavy (non-hydrogen) atoms. The van der Waals surface area contributed by atoms with E-state index in [-0.39, 0.29) is 23.1 Å². The molecule has 0 spiro atoms. The quantitative estimate of drug-likeness (QED) is 0.498. The number of amides is 1. The van der Waals surface area contributed by atoms with Crippen LogP contribution in [0, 0.1) is 12.7 Å². The van der Waals surface area contributed by atoms with Gasteiger partial charge in [-0.15, -0.1) is 0 Å². The van der Waals surface area contributed by atoms with E-state index in [0.717, 1.165) is 11.6 Å². The normalized spacial score (nSPS) is 10.8. The van der Waals surface area contributed by atoms with Gasteiger partial charge in [-0.3, -0.25) is 9.59 Å². The van der Waals surface area contributed by atoms with Gasteiger partial charge in [-0.05, 0) is 49.7 Å². The number of ether oxygens (including phenoxy) is 1. The van der Waals surface area contributed by atoms with Crippen LogP contribution in [-0.4, -0.2) is 26.3 Å². The summed E-state index contributed by atoms with van der Waals surface area (Å²) in [6.07, 6.45) is 3.08. The van der Waals surface area contributed by atoms with E-state index in [2.05, 4.69) is 15.4 Å². The van der Waals surface area contributed by atoms with Crippen LogP contribution in [0.25, 0.3) is 5.52 Å². The molecule has 0 saturated carbocycles. The third-order valence-electron chi connectivity index (χ3n) is 4.55. The molecule has 1 amide bonds. The number of hydrogen-bond acceptors (Lipinski definition) is 5. The fourth-order valence-corrected chi connectivity index (χ4v) is 3.00. The molecule has 8 heteroatoms. The van der Waals surface area contributed by atoms with Crippen molar-refractivity contribution in [1.82, 2.24) is 14.6 Å². The monoisotopic (exact) mass is 404 g/mol. The van der Waals surface area contributed by atoms with Gasteiger partial charge in [0.1, 0.15) is 11.8 Å². The summed E-state index contributed by atoms with van der Waals surface area (Å²) in [5.41, 5.74) is 2.51. The largest absolute Gasteiger partial charge is 0.434 e. The van der Waals surface area contributed by atoms with Crippen molar-refractivity contribution in [3.05, 3.63) is 83.6 Å². The Balaban J connectivity index is 1.55. The minimum atomic E-state index is -0.661. The lowest BCUT2D eigenvalue weighted by molar-refractivity contribution is 0.101. The molecule has 0 aliphatic carbocycles. The van der Waals surface area contributed by atoms with E-state index in [1.165, 1.54) is 31.5 Å². The molecule has 7 nitrogen and oxygen atoms in total. The predicted molar refractivity (Wildman–Crippen MR) is 109 cm³/mol. The van der Waals surface area contributed by atoms with E-state index in [9.17, 15) is 14.0 Å². The maximum atomic E-state index is 14.6. The summed E-state index contributed by atoms with van der Waals surface area (Å²) >= 11 is 0. The Morgan fingerprint density at radius 2 is 1.90 bits per heavy atom. The third-order valence-corrected chi connectivity index (χ3v) is 4.55. The van der Waals surface area contributed by atoms with Gasteiger partial charge >= 0.3 is 0 Å². The number of carbonyl (C=O) groups excluding carboxylic acids is 2. The molecular formula is C22H17FN4O3. The number of benzene rings is 2. The highest BCUT2D eigenvalue weighted by Crippen LogP contribution is 2.29. The number of carbonyl (C=O) groups is 2. The first-order valence-corrected chi connectivity index (χ1v) is 9.11. The van der Waals surface area contributed by atoms with Crippen LogP contribution in [0.15, 0.2) is 61.1 Å². The minimum absolute atomic E-state index is 0.0345. The number of aromatic nitrogens is 3. The number of nitrogens with zero attached hydrogens (tertiary/aromatic N) is 3. The predicted octanol–water partition coefficient (Wildman–Crippen LogP) is 4.42. The van der Waals surface area contributed by atoms with Gasteiger partial charge in [0.15, 0.2) is 17.3 Å². The highest BCUT2D eigenvalue weighted by molar-refractivity contribution is 6.06. The Morgan fingerprint density at radius 3 is 2.67 bits per heavy atom. The first kappa shape index (κ1) is 19.3. The van der Waals surface area contributed by atoms with Crippen LogP contribution >= 0.6 is 0 Å². The molecule has 0 atom stereocenters. The number of halogens is 1. The molecule has 0 saturated heterocycles. The van der Waals surface area contributed by atoms with E-state index in [1.807, 2.05) is 13.0 Å². The Kier molecular flexibility index (Phi) is 4.97. The van der Waals surface area contributed by atoms with Crippen molar-refractivity contribution >= 4 is 22.9 Å². The van der Waals surface area contributed by atoms with Crippen molar-refractivity contribution in [2.75, 3.05) is 5.32 Å². The van der Waals surface area contributed by atoms with Crippen LogP contribution < -0.4 is 10.1 Å². The number of hydrogen-bond donors (Lipinski definition) is 1. The number of aryl methyl sites for hydroxylation is 1. The van der Waals surface area contributed by atoms with Gasteiger partial charge in [0.25, 0.3) is 5.91 Å². The molecule has 1 N–H and O–H groups in total. The Morgan fingerprint density at radius 1 is 1.10 bits per heavy atom. The highest BCUT2D eigenvalue weighted by atomic mass is 19.1. The lowest BCUT2D eigenvalue weighted by atomic mass is 10.1. The number of ketones is 1. The molecule has 0 aliphatic heterocycles. The van der Waals surface area contributed by atoms with Crippen LogP contribution in [0.5, 0.6) is 11.6 Å². The lowest BCUT2D eigenvalue weighted by Crippen LogP contribution is -2.12. The number of nitrogens with one attached hydrogen (secondary N) is 1. The van der Waals surface area contributed by atoms with Gasteiger partial charge in [-0.2, -0.15) is 10.1 Å². The zero-order valence-corrected chi connectivity index (χ0v) is 16.2. The van der Waals surface area contributed by atoms with Crippen molar-refractivity contribution in [3.8, 4) is 11.6 Å². The maximum absolute atomic E-state index is 14.6. The summed E-state index contributed by atoms with van der Waals surface area (Å²) in [5.74, 6) is -1.06. The van der Waals surface area contributed by atoms with Gasteiger partial charge in [0.05, 0.1) is 0 Å². The van der Waals surface area contributed by atoms with Crippen LogP contribution in [0.3, 0.4) is 0 Å². The summed E-state index contributed by atoms with van der Waals surface area (Å²) in [5, 5.41) is 6.70. The number of rotatable bonds is 5. The lowest BCUT2D eigenvalue weighted by Gasteiger charge is -2.10. The van der Waals surface area contributed by atoms with Gasteiger partial charge in [0.2, 0.25) is 5.88 Å². The third kappa shape index (κ3) is 3.75. The number of anilines is 1. The second-order valence-corrected chi connectivity index (χ2v) is 6.70. The minimum Gasteiger partial charge on any atom is -0.434 e. The van der Waals surface area contributed by atoms with Crippen LogP contribution in [0.2, 0.25) is 0 Å². The fourth-order valence-electron chi connectivity index (χ4n) is 3.00. The van der Waals surface area contributed by atoms with Crippen molar-refractivity contribution in [3.63, 3.8) is 0 Å². The standard InChI is InChI=1S/C22H17FN4O3/c1-13-8-9-27-20(13)22(24-12-25-27)30-19-7-6-17(11-18(19)23)26-21(29)16-5-3-4-15(10-16)14(2)28/h3-12H,1-2H3,(H,26,29). The fraction of sp³-hybridized carbons (Fsp3) is 0.0909. The van der Waals surface area contributed by atoms with E-state index in [4.69, 9.17) is 4.74 Å². The molecular weight excluding hydrogens is 387 g/mol.